The van der Waals surface area contributed by atoms with Gasteiger partial charge in [0.1, 0.15) is 11.5 Å². The number of aromatic hydroxyl groups is 1. The van der Waals surface area contributed by atoms with Crippen LogP contribution in [0.5, 0.6) is 5.75 Å². The zero-order valence-electron chi connectivity index (χ0n) is 17.2. The Kier molecular flexibility index (Phi) is 5.29. The minimum atomic E-state index is -0.791. The molecule has 1 saturated heterocycles. The predicted molar refractivity (Wildman–Crippen MR) is 116 cm³/mol. The number of pyridine rings is 1. The summed E-state index contributed by atoms with van der Waals surface area (Å²) in [6.45, 7) is 3.90. The average Bonchev–Trinajstić information content (AvgIpc) is 3.01. The van der Waals surface area contributed by atoms with Crippen molar-refractivity contribution in [3.8, 4) is 5.75 Å². The number of phenols is 1. The molecule has 2 aromatic carbocycles. The van der Waals surface area contributed by atoms with E-state index in [-0.39, 0.29) is 23.6 Å². The molecule has 1 atom stereocenters. The molecule has 1 aliphatic heterocycles. The van der Waals surface area contributed by atoms with Crippen molar-refractivity contribution in [2.24, 2.45) is 0 Å². The maximum atomic E-state index is 13.1. The average molecular weight is 414 g/mol. The fraction of sp³-hybridized carbons (Fsp3) is 0.160. The highest BCUT2D eigenvalue weighted by atomic mass is 16.3. The van der Waals surface area contributed by atoms with Gasteiger partial charge in [0, 0.05) is 24.5 Å². The summed E-state index contributed by atoms with van der Waals surface area (Å²) in [7, 11) is 0. The number of Topliss-reactive ketones (excluding diaryl/α,β-unsaturated/α-hetero) is 1. The normalized spacial score (nSPS) is 17.9. The van der Waals surface area contributed by atoms with Crippen LogP contribution in [0.1, 0.15) is 33.9 Å². The second kappa shape index (κ2) is 8.07. The first-order valence-corrected chi connectivity index (χ1v) is 9.90. The smallest absolute Gasteiger partial charge is 0.295 e. The Hall–Kier alpha value is -3.93. The van der Waals surface area contributed by atoms with Crippen molar-refractivity contribution in [3.05, 3.63) is 100 Å². The summed E-state index contributed by atoms with van der Waals surface area (Å²) >= 11 is 0. The topological polar surface area (TPSA) is 90.7 Å². The van der Waals surface area contributed by atoms with Crippen molar-refractivity contribution in [1.82, 2.24) is 9.88 Å². The molecule has 2 N–H and O–H groups in total. The van der Waals surface area contributed by atoms with Gasteiger partial charge in [-0.3, -0.25) is 14.6 Å². The minimum absolute atomic E-state index is 0.0354. The van der Waals surface area contributed by atoms with Crippen LogP contribution in [-0.4, -0.2) is 31.8 Å². The van der Waals surface area contributed by atoms with E-state index in [4.69, 9.17) is 0 Å². The molecule has 4 rings (SSSR count). The van der Waals surface area contributed by atoms with Crippen molar-refractivity contribution < 1.29 is 19.8 Å². The molecule has 0 aliphatic carbocycles. The maximum Gasteiger partial charge on any atom is 0.295 e. The first-order chi connectivity index (χ1) is 14.9. The third-order valence-electron chi connectivity index (χ3n) is 5.47. The fourth-order valence-corrected chi connectivity index (χ4v) is 3.87. The van der Waals surface area contributed by atoms with Crippen LogP contribution in [0.4, 0.5) is 0 Å². The molecule has 1 amide bonds. The third-order valence-corrected chi connectivity index (χ3v) is 5.47. The number of hydrogen-bond acceptors (Lipinski definition) is 5. The number of aryl methyl sites for hydroxylation is 2. The summed E-state index contributed by atoms with van der Waals surface area (Å²) in [5, 5.41) is 20.9. The molecule has 0 radical (unpaired) electrons. The summed E-state index contributed by atoms with van der Waals surface area (Å²) in [5.74, 6) is -1.55. The SMILES string of the molecule is Cc1ccc(C)c(C(O)=C2C(=O)C(=O)N(Cc3cccnc3)C2c2ccc(O)cc2)c1. The molecule has 156 valence electrons. The highest BCUT2D eigenvalue weighted by molar-refractivity contribution is 6.46. The molecule has 31 heavy (non-hydrogen) atoms. The van der Waals surface area contributed by atoms with Gasteiger partial charge in [0.15, 0.2) is 0 Å². The lowest BCUT2D eigenvalue weighted by Crippen LogP contribution is -2.29. The number of likely N-dealkylation sites (tertiary alicyclic amines) is 1. The van der Waals surface area contributed by atoms with E-state index in [1.807, 2.05) is 32.0 Å². The van der Waals surface area contributed by atoms with Crippen molar-refractivity contribution in [1.29, 1.82) is 0 Å². The number of nitrogens with zero attached hydrogens (tertiary/aromatic N) is 2. The summed E-state index contributed by atoms with van der Waals surface area (Å²) in [6.07, 6.45) is 3.27. The Morgan fingerprint density at radius 1 is 1.06 bits per heavy atom. The molecule has 1 fully saturated rings. The molecule has 0 spiro atoms. The predicted octanol–water partition coefficient (Wildman–Crippen LogP) is 4.03. The standard InChI is InChI=1S/C25H22N2O4/c1-15-5-6-16(2)20(12-15)23(29)21-22(18-7-9-19(28)10-8-18)27(25(31)24(21)30)14-17-4-3-11-26-13-17/h3-13,22,28-29H,14H2,1-2H3. The number of aromatic nitrogens is 1. The molecule has 0 bridgehead atoms. The number of aliphatic hydroxyl groups is 1. The van der Waals surface area contributed by atoms with Crippen molar-refractivity contribution in [2.75, 3.05) is 0 Å². The van der Waals surface area contributed by atoms with Gasteiger partial charge in [0.2, 0.25) is 0 Å². The van der Waals surface area contributed by atoms with E-state index in [1.54, 1.807) is 36.7 Å². The molecule has 1 aliphatic rings. The Labute approximate surface area is 180 Å². The van der Waals surface area contributed by atoms with Gasteiger partial charge in [-0.25, -0.2) is 0 Å². The zero-order chi connectivity index (χ0) is 22.1. The summed E-state index contributed by atoms with van der Waals surface area (Å²) in [6, 6.07) is 14.7. The zero-order valence-corrected chi connectivity index (χ0v) is 17.2. The number of benzene rings is 2. The Morgan fingerprint density at radius 2 is 1.81 bits per heavy atom. The van der Waals surface area contributed by atoms with E-state index in [1.165, 1.54) is 17.0 Å². The lowest BCUT2D eigenvalue weighted by Gasteiger charge is -2.25. The Bertz CT molecular complexity index is 1180. The van der Waals surface area contributed by atoms with Gasteiger partial charge in [-0.1, -0.05) is 35.9 Å². The third kappa shape index (κ3) is 3.80. The summed E-state index contributed by atoms with van der Waals surface area (Å²) in [4.78, 5) is 31.6. The van der Waals surface area contributed by atoms with Crippen molar-refractivity contribution in [2.45, 2.75) is 26.4 Å². The van der Waals surface area contributed by atoms with Gasteiger partial charge in [-0.2, -0.15) is 0 Å². The molecular weight excluding hydrogens is 392 g/mol. The van der Waals surface area contributed by atoms with Crippen LogP contribution in [0.25, 0.3) is 5.76 Å². The summed E-state index contributed by atoms with van der Waals surface area (Å²) < 4.78 is 0. The van der Waals surface area contributed by atoms with Gasteiger partial charge in [-0.15, -0.1) is 0 Å². The molecule has 0 saturated carbocycles. The van der Waals surface area contributed by atoms with Gasteiger partial charge >= 0.3 is 0 Å². The van der Waals surface area contributed by atoms with E-state index < -0.39 is 17.7 Å². The lowest BCUT2D eigenvalue weighted by molar-refractivity contribution is -0.140. The van der Waals surface area contributed by atoms with Gasteiger partial charge < -0.3 is 15.1 Å². The summed E-state index contributed by atoms with van der Waals surface area (Å²) in [5.41, 5.74) is 3.66. The highest BCUT2D eigenvalue weighted by Crippen LogP contribution is 2.41. The largest absolute Gasteiger partial charge is 0.508 e. The van der Waals surface area contributed by atoms with Crippen LogP contribution in [0.15, 0.2) is 72.6 Å². The van der Waals surface area contributed by atoms with Crippen LogP contribution in [0.3, 0.4) is 0 Å². The number of ketones is 1. The van der Waals surface area contributed by atoms with Crippen LogP contribution >= 0.6 is 0 Å². The second-order valence-electron chi connectivity index (χ2n) is 7.70. The first kappa shape index (κ1) is 20.3. The van der Waals surface area contributed by atoms with Gasteiger partial charge in [0.05, 0.1) is 11.6 Å². The molecule has 1 aromatic heterocycles. The Morgan fingerprint density at radius 3 is 2.48 bits per heavy atom. The monoisotopic (exact) mass is 414 g/mol. The number of carbonyl (C=O) groups is 2. The van der Waals surface area contributed by atoms with Gasteiger partial charge in [-0.05, 0) is 54.8 Å². The number of phenolic OH excluding ortho intramolecular Hbond substituents is 1. The first-order valence-electron chi connectivity index (χ1n) is 9.90. The number of amides is 1. The molecule has 1 unspecified atom stereocenters. The van der Waals surface area contributed by atoms with Crippen molar-refractivity contribution in [3.63, 3.8) is 0 Å². The molecular formula is C25H22N2O4. The number of hydrogen-bond donors (Lipinski definition) is 2. The van der Waals surface area contributed by atoms with Crippen LogP contribution in [0, 0.1) is 13.8 Å². The lowest BCUT2D eigenvalue weighted by atomic mass is 9.93. The van der Waals surface area contributed by atoms with E-state index in [0.717, 1.165) is 16.7 Å². The van der Waals surface area contributed by atoms with E-state index in [9.17, 15) is 19.8 Å². The van der Waals surface area contributed by atoms with E-state index in [0.29, 0.717) is 11.1 Å². The molecule has 2 heterocycles. The quantitative estimate of drug-likeness (QED) is 0.382. The Balaban J connectivity index is 1.90. The van der Waals surface area contributed by atoms with Crippen molar-refractivity contribution >= 4 is 17.4 Å². The second-order valence-corrected chi connectivity index (χ2v) is 7.70. The van der Waals surface area contributed by atoms with E-state index >= 15 is 0 Å². The van der Waals surface area contributed by atoms with Crippen LogP contribution < -0.4 is 0 Å². The van der Waals surface area contributed by atoms with Crippen LogP contribution in [-0.2, 0) is 16.1 Å². The number of carbonyl (C=O) groups excluding carboxylic acids is 2. The fourth-order valence-electron chi connectivity index (χ4n) is 3.87. The van der Waals surface area contributed by atoms with Gasteiger partial charge in [0.25, 0.3) is 11.7 Å². The minimum Gasteiger partial charge on any atom is -0.508 e. The number of rotatable bonds is 4. The maximum absolute atomic E-state index is 13.1. The number of aliphatic hydroxyl groups excluding tert-OH is 1. The molecule has 6 nitrogen and oxygen atoms in total. The highest BCUT2D eigenvalue weighted by Gasteiger charge is 2.46. The van der Waals surface area contributed by atoms with E-state index in [2.05, 4.69) is 4.98 Å². The van der Waals surface area contributed by atoms with Crippen LogP contribution in [0.2, 0.25) is 0 Å². The molecule has 3 aromatic rings. The molecule has 6 heteroatoms.